The van der Waals surface area contributed by atoms with Crippen molar-refractivity contribution in [3.05, 3.63) is 65.9 Å². The van der Waals surface area contributed by atoms with Gasteiger partial charge in [0.05, 0.1) is 13.7 Å². The molecule has 0 saturated carbocycles. The molecule has 1 aliphatic heterocycles. The van der Waals surface area contributed by atoms with E-state index in [4.69, 9.17) is 9.47 Å². The van der Waals surface area contributed by atoms with Gasteiger partial charge in [-0.1, -0.05) is 18.2 Å². The van der Waals surface area contributed by atoms with E-state index >= 15 is 0 Å². The molecule has 28 heavy (non-hydrogen) atoms. The number of aromatic nitrogens is 1. The third kappa shape index (κ3) is 3.64. The number of ether oxygens (including phenoxy) is 2. The van der Waals surface area contributed by atoms with E-state index in [0.717, 1.165) is 34.4 Å². The second-order valence-electron chi connectivity index (χ2n) is 6.76. The molecule has 6 heteroatoms. The summed E-state index contributed by atoms with van der Waals surface area (Å²) in [5.74, 6) is 1.53. The van der Waals surface area contributed by atoms with Gasteiger partial charge in [0, 0.05) is 31.9 Å². The van der Waals surface area contributed by atoms with Crippen LogP contribution in [0.25, 0.3) is 10.8 Å². The Labute approximate surface area is 164 Å². The van der Waals surface area contributed by atoms with Crippen molar-refractivity contribution in [1.29, 1.82) is 0 Å². The Kier molecular flexibility index (Phi) is 5.12. The van der Waals surface area contributed by atoms with Gasteiger partial charge in [0.1, 0.15) is 17.7 Å². The number of nitrogens with one attached hydrogen (secondary N) is 1. The Balaban J connectivity index is 1.57. The minimum atomic E-state index is -0.113. The van der Waals surface area contributed by atoms with Crippen molar-refractivity contribution in [3.63, 3.8) is 0 Å². The third-order valence-electron chi connectivity index (χ3n) is 5.07. The second-order valence-corrected chi connectivity index (χ2v) is 6.76. The maximum Gasteiger partial charge on any atom is 0.251 e. The maximum absolute atomic E-state index is 11.9. The zero-order valence-electron chi connectivity index (χ0n) is 16.0. The molecular formula is C22H23N3O3. The molecule has 4 rings (SSSR count). The molecule has 144 valence electrons. The molecule has 0 spiro atoms. The highest BCUT2D eigenvalue weighted by atomic mass is 16.5. The van der Waals surface area contributed by atoms with Gasteiger partial charge in [-0.25, -0.2) is 4.98 Å². The van der Waals surface area contributed by atoms with Crippen LogP contribution in [0.15, 0.2) is 54.7 Å². The molecular weight excluding hydrogens is 354 g/mol. The molecule has 0 unspecified atom stereocenters. The number of benzene rings is 2. The molecule has 1 fully saturated rings. The monoisotopic (exact) mass is 377 g/mol. The summed E-state index contributed by atoms with van der Waals surface area (Å²) in [5.41, 5.74) is 1.74. The maximum atomic E-state index is 11.9. The SMILES string of the molecule is CNC(=O)c1ccnc(N2CCO[C@@H](c3ccc4cc(OC)ccc4c3)C2)c1. The normalized spacial score (nSPS) is 16.8. The van der Waals surface area contributed by atoms with Gasteiger partial charge in [-0.05, 0) is 46.7 Å². The molecule has 6 nitrogen and oxygen atoms in total. The molecule has 0 radical (unpaired) electrons. The molecule has 0 aliphatic carbocycles. The molecule has 2 aromatic carbocycles. The van der Waals surface area contributed by atoms with Crippen molar-refractivity contribution in [2.75, 3.05) is 38.8 Å². The number of rotatable bonds is 4. The molecule has 1 aliphatic rings. The minimum absolute atomic E-state index is 0.0503. The van der Waals surface area contributed by atoms with Crippen molar-refractivity contribution in [2.45, 2.75) is 6.10 Å². The first-order chi connectivity index (χ1) is 13.7. The topological polar surface area (TPSA) is 63.7 Å². The summed E-state index contributed by atoms with van der Waals surface area (Å²) in [6.45, 7) is 2.04. The number of fused-ring (bicyclic) bond motifs is 1. The molecule has 1 saturated heterocycles. The molecule has 0 bridgehead atoms. The largest absolute Gasteiger partial charge is 0.497 e. The first-order valence-electron chi connectivity index (χ1n) is 9.30. The number of nitrogens with zero attached hydrogens (tertiary/aromatic N) is 2. The number of morpholine rings is 1. The predicted molar refractivity (Wildman–Crippen MR) is 109 cm³/mol. The Morgan fingerprint density at radius 2 is 2.00 bits per heavy atom. The van der Waals surface area contributed by atoms with Gasteiger partial charge in [-0.3, -0.25) is 4.79 Å². The van der Waals surface area contributed by atoms with Gasteiger partial charge >= 0.3 is 0 Å². The van der Waals surface area contributed by atoms with Crippen LogP contribution in [0, 0.1) is 0 Å². The van der Waals surface area contributed by atoms with E-state index in [9.17, 15) is 4.79 Å². The summed E-state index contributed by atoms with van der Waals surface area (Å²) in [4.78, 5) is 18.5. The number of anilines is 1. The van der Waals surface area contributed by atoms with Gasteiger partial charge in [-0.2, -0.15) is 0 Å². The zero-order chi connectivity index (χ0) is 19.5. The van der Waals surface area contributed by atoms with Gasteiger partial charge in [0.25, 0.3) is 5.91 Å². The van der Waals surface area contributed by atoms with Crippen LogP contribution in [-0.2, 0) is 4.74 Å². The van der Waals surface area contributed by atoms with Crippen molar-refractivity contribution >= 4 is 22.5 Å². The highest BCUT2D eigenvalue weighted by molar-refractivity contribution is 5.94. The Morgan fingerprint density at radius 3 is 2.82 bits per heavy atom. The summed E-state index contributed by atoms with van der Waals surface area (Å²) < 4.78 is 11.3. The van der Waals surface area contributed by atoms with Gasteiger partial charge in [0.15, 0.2) is 0 Å². The van der Waals surface area contributed by atoms with Crippen LogP contribution in [-0.4, -0.2) is 44.7 Å². The lowest BCUT2D eigenvalue weighted by atomic mass is 10.0. The van der Waals surface area contributed by atoms with Crippen LogP contribution >= 0.6 is 0 Å². The fourth-order valence-corrected chi connectivity index (χ4v) is 3.51. The van der Waals surface area contributed by atoms with Gasteiger partial charge < -0.3 is 19.7 Å². The van der Waals surface area contributed by atoms with Crippen molar-refractivity contribution in [3.8, 4) is 5.75 Å². The van der Waals surface area contributed by atoms with Crippen molar-refractivity contribution < 1.29 is 14.3 Å². The lowest BCUT2D eigenvalue weighted by molar-refractivity contribution is 0.0396. The van der Waals surface area contributed by atoms with Crippen LogP contribution in [0.5, 0.6) is 5.75 Å². The van der Waals surface area contributed by atoms with E-state index in [2.05, 4.69) is 39.5 Å². The van der Waals surface area contributed by atoms with E-state index < -0.39 is 0 Å². The number of methoxy groups -OCH3 is 1. The predicted octanol–water partition coefficient (Wildman–Crippen LogP) is 3.18. The highest BCUT2D eigenvalue weighted by Gasteiger charge is 2.23. The van der Waals surface area contributed by atoms with Gasteiger partial charge in [0.2, 0.25) is 0 Å². The molecule has 3 aromatic rings. The first-order valence-corrected chi connectivity index (χ1v) is 9.30. The summed E-state index contributed by atoms with van der Waals surface area (Å²) in [5, 5.41) is 4.94. The molecule has 1 N–H and O–H groups in total. The molecule has 1 aromatic heterocycles. The van der Waals surface area contributed by atoms with E-state index in [1.165, 1.54) is 0 Å². The summed E-state index contributed by atoms with van der Waals surface area (Å²) >= 11 is 0. The lowest BCUT2D eigenvalue weighted by Gasteiger charge is -2.34. The van der Waals surface area contributed by atoms with Crippen LogP contribution in [0.2, 0.25) is 0 Å². The number of pyridine rings is 1. The second kappa shape index (κ2) is 7.86. The quantitative estimate of drug-likeness (QED) is 0.757. The fourth-order valence-electron chi connectivity index (χ4n) is 3.51. The number of carbonyl (C=O) groups excluding carboxylic acids is 1. The zero-order valence-corrected chi connectivity index (χ0v) is 16.0. The van der Waals surface area contributed by atoms with Crippen molar-refractivity contribution in [2.24, 2.45) is 0 Å². The van der Waals surface area contributed by atoms with E-state index in [1.807, 2.05) is 18.2 Å². The highest BCUT2D eigenvalue weighted by Crippen LogP contribution is 2.29. The Morgan fingerprint density at radius 1 is 1.18 bits per heavy atom. The average molecular weight is 377 g/mol. The minimum Gasteiger partial charge on any atom is -0.497 e. The van der Waals surface area contributed by atoms with E-state index in [0.29, 0.717) is 18.7 Å². The summed E-state index contributed by atoms with van der Waals surface area (Å²) in [7, 11) is 3.30. The number of hydrogen-bond donors (Lipinski definition) is 1. The van der Waals surface area contributed by atoms with Crippen molar-refractivity contribution in [1.82, 2.24) is 10.3 Å². The van der Waals surface area contributed by atoms with Gasteiger partial charge in [-0.15, -0.1) is 0 Å². The van der Waals surface area contributed by atoms with Crippen LogP contribution in [0.3, 0.4) is 0 Å². The average Bonchev–Trinajstić information content (AvgIpc) is 2.78. The fraction of sp³-hybridized carbons (Fsp3) is 0.273. The number of amides is 1. The summed E-state index contributed by atoms with van der Waals surface area (Å²) in [6, 6.07) is 16.0. The number of hydrogen-bond acceptors (Lipinski definition) is 5. The first kappa shape index (κ1) is 18.3. The number of carbonyl (C=O) groups is 1. The standard InChI is InChI=1S/C22H23N3O3/c1-23-22(26)18-7-8-24-21(13-18)25-9-10-28-20(14-25)17-4-3-16-12-19(27-2)6-5-15(16)11-17/h3-8,11-13,20H,9-10,14H2,1-2H3,(H,23,26)/t20-/m1/s1. The lowest BCUT2D eigenvalue weighted by Crippen LogP contribution is -2.39. The van der Waals surface area contributed by atoms with Crippen LogP contribution < -0.4 is 15.0 Å². The third-order valence-corrected chi connectivity index (χ3v) is 5.07. The summed E-state index contributed by atoms with van der Waals surface area (Å²) in [6.07, 6.45) is 1.62. The molecule has 2 heterocycles. The smallest absolute Gasteiger partial charge is 0.251 e. The van der Waals surface area contributed by atoms with E-state index in [-0.39, 0.29) is 12.0 Å². The van der Waals surface area contributed by atoms with E-state index in [1.54, 1.807) is 26.4 Å². The molecule has 1 atom stereocenters. The van der Waals surface area contributed by atoms with Crippen LogP contribution in [0.4, 0.5) is 5.82 Å². The Hall–Kier alpha value is -3.12. The Bertz CT molecular complexity index is 1010. The molecule has 1 amide bonds. The van der Waals surface area contributed by atoms with Crippen LogP contribution in [0.1, 0.15) is 22.0 Å².